The average molecular weight is 368 g/mol. The highest BCUT2D eigenvalue weighted by atomic mass is 32.2. The number of benzene rings is 1. The summed E-state index contributed by atoms with van der Waals surface area (Å²) in [6.07, 6.45) is 0. The summed E-state index contributed by atoms with van der Waals surface area (Å²) in [6, 6.07) is 3.51. The highest BCUT2D eigenvalue weighted by Crippen LogP contribution is 2.31. The smallest absolute Gasteiger partial charge is 0.328 e. The van der Waals surface area contributed by atoms with Crippen LogP contribution in [0.5, 0.6) is 0 Å². The van der Waals surface area contributed by atoms with Crippen LogP contribution in [0.15, 0.2) is 29.2 Å². The van der Waals surface area contributed by atoms with Crippen LogP contribution in [0.3, 0.4) is 0 Å². The van der Waals surface area contributed by atoms with Gasteiger partial charge < -0.3 is 10.1 Å². The topological polar surface area (TPSA) is 110 Å². The summed E-state index contributed by atoms with van der Waals surface area (Å²) in [7, 11) is -2.92. The second-order valence-electron chi connectivity index (χ2n) is 6.03. The van der Waals surface area contributed by atoms with E-state index in [1.165, 1.54) is 32.2 Å². The number of ether oxygens (including phenoxy) is 1. The lowest BCUT2D eigenvalue weighted by atomic mass is 10.0. The summed E-state index contributed by atoms with van der Waals surface area (Å²) in [5.74, 6) is -2.44. The first-order chi connectivity index (χ1) is 11.6. The Hall–Kier alpha value is -2.42. The molecular formula is C16H20N2O6S. The van der Waals surface area contributed by atoms with Gasteiger partial charge in [0.2, 0.25) is 5.91 Å². The molecule has 1 aliphatic rings. The summed E-state index contributed by atoms with van der Waals surface area (Å²) in [6.45, 7) is 4.71. The number of nitrogens with zero attached hydrogens (tertiary/aromatic N) is 1. The zero-order valence-electron chi connectivity index (χ0n) is 14.3. The molecule has 2 atom stereocenters. The fourth-order valence-electron chi connectivity index (χ4n) is 2.59. The van der Waals surface area contributed by atoms with E-state index in [0.29, 0.717) is 4.31 Å². The number of carbonyl (C=O) groups excluding carboxylic acids is 3. The fraction of sp³-hybridized carbons (Fsp3) is 0.438. The Bertz CT molecular complexity index is 818. The van der Waals surface area contributed by atoms with Gasteiger partial charge in [-0.15, -0.1) is 0 Å². The van der Waals surface area contributed by atoms with E-state index < -0.39 is 39.9 Å². The Morgan fingerprint density at radius 1 is 1.16 bits per heavy atom. The van der Waals surface area contributed by atoms with Crippen LogP contribution in [0.4, 0.5) is 0 Å². The minimum Gasteiger partial charge on any atom is -0.467 e. The van der Waals surface area contributed by atoms with E-state index in [1.807, 2.05) is 0 Å². The number of fused-ring (bicyclic) bond motifs is 1. The second-order valence-corrected chi connectivity index (χ2v) is 7.81. The number of hydrogen-bond donors (Lipinski definition) is 1. The molecule has 2 rings (SSSR count). The first-order valence-electron chi connectivity index (χ1n) is 7.69. The third-order valence-corrected chi connectivity index (χ3v) is 5.92. The summed E-state index contributed by atoms with van der Waals surface area (Å²) >= 11 is 0. The van der Waals surface area contributed by atoms with Crippen molar-refractivity contribution in [2.45, 2.75) is 37.8 Å². The van der Waals surface area contributed by atoms with Gasteiger partial charge in [-0.05, 0) is 25.0 Å². The van der Waals surface area contributed by atoms with Crippen LogP contribution < -0.4 is 5.32 Å². The predicted molar refractivity (Wildman–Crippen MR) is 88.0 cm³/mol. The van der Waals surface area contributed by atoms with Crippen molar-refractivity contribution < 1.29 is 27.5 Å². The number of rotatable bonds is 5. The lowest BCUT2D eigenvalue weighted by Gasteiger charge is -2.26. The van der Waals surface area contributed by atoms with Crippen LogP contribution in [0.1, 0.15) is 31.1 Å². The molecule has 1 N–H and O–H groups in total. The number of methoxy groups -OCH3 is 1. The molecule has 8 nitrogen and oxygen atoms in total. The zero-order valence-corrected chi connectivity index (χ0v) is 15.2. The molecule has 1 heterocycles. The number of sulfonamides is 1. The van der Waals surface area contributed by atoms with E-state index in [1.54, 1.807) is 19.9 Å². The van der Waals surface area contributed by atoms with Crippen molar-refractivity contribution >= 4 is 27.8 Å². The Balaban J connectivity index is 2.29. The van der Waals surface area contributed by atoms with E-state index >= 15 is 0 Å². The van der Waals surface area contributed by atoms with Crippen LogP contribution in [-0.2, 0) is 24.3 Å². The van der Waals surface area contributed by atoms with Gasteiger partial charge in [-0.2, -0.15) is 0 Å². The van der Waals surface area contributed by atoms with Crippen LogP contribution in [-0.4, -0.2) is 49.7 Å². The molecule has 2 amide bonds. The van der Waals surface area contributed by atoms with Crippen molar-refractivity contribution in [3.05, 3.63) is 29.8 Å². The summed E-state index contributed by atoms with van der Waals surface area (Å²) in [5.41, 5.74) is 0.0236. The van der Waals surface area contributed by atoms with Crippen molar-refractivity contribution in [3.8, 4) is 0 Å². The summed E-state index contributed by atoms with van der Waals surface area (Å²) < 4.78 is 30.4. The molecule has 0 radical (unpaired) electrons. The lowest BCUT2D eigenvalue weighted by molar-refractivity contribution is -0.146. The second kappa shape index (κ2) is 6.83. The van der Waals surface area contributed by atoms with Crippen molar-refractivity contribution in [1.82, 2.24) is 9.62 Å². The van der Waals surface area contributed by atoms with E-state index in [0.717, 1.165) is 0 Å². The van der Waals surface area contributed by atoms with Gasteiger partial charge in [0.25, 0.3) is 15.9 Å². The molecule has 0 fully saturated rings. The molecule has 0 saturated carbocycles. The summed E-state index contributed by atoms with van der Waals surface area (Å²) in [5, 5.41) is 2.46. The Morgan fingerprint density at radius 2 is 1.76 bits per heavy atom. The SMILES string of the molecule is COC(=O)[C@@H](NC(=O)[C@H](C)N1C(=O)c2ccccc2S1(=O)=O)C(C)C. The van der Waals surface area contributed by atoms with E-state index in [9.17, 15) is 22.8 Å². The van der Waals surface area contributed by atoms with Crippen molar-refractivity contribution in [2.75, 3.05) is 7.11 Å². The number of nitrogens with one attached hydrogen (secondary N) is 1. The maximum atomic E-state index is 12.6. The number of carbonyl (C=O) groups is 3. The highest BCUT2D eigenvalue weighted by Gasteiger charge is 2.46. The van der Waals surface area contributed by atoms with Gasteiger partial charge in [0.05, 0.1) is 12.7 Å². The van der Waals surface area contributed by atoms with Crippen LogP contribution in [0, 0.1) is 5.92 Å². The van der Waals surface area contributed by atoms with Gasteiger partial charge in [0, 0.05) is 0 Å². The third-order valence-electron chi connectivity index (χ3n) is 4.01. The average Bonchev–Trinajstić information content (AvgIpc) is 2.77. The molecular weight excluding hydrogens is 348 g/mol. The van der Waals surface area contributed by atoms with E-state index in [4.69, 9.17) is 0 Å². The maximum Gasteiger partial charge on any atom is 0.328 e. The van der Waals surface area contributed by atoms with Gasteiger partial charge in [-0.1, -0.05) is 26.0 Å². The lowest BCUT2D eigenvalue weighted by Crippen LogP contribution is -2.53. The van der Waals surface area contributed by atoms with Gasteiger partial charge in [0.1, 0.15) is 17.0 Å². The minimum absolute atomic E-state index is 0.0236. The minimum atomic E-state index is -4.11. The monoisotopic (exact) mass is 368 g/mol. The molecule has 0 aromatic heterocycles. The molecule has 1 aromatic carbocycles. The maximum absolute atomic E-state index is 12.6. The van der Waals surface area contributed by atoms with Crippen LogP contribution >= 0.6 is 0 Å². The van der Waals surface area contributed by atoms with Crippen molar-refractivity contribution in [3.63, 3.8) is 0 Å². The largest absolute Gasteiger partial charge is 0.467 e. The standard InChI is InChI=1S/C16H20N2O6S/c1-9(2)13(16(21)24-4)17-14(19)10(3)18-15(20)11-7-5-6-8-12(11)25(18,22)23/h5-10,13H,1-4H3,(H,17,19)/t10-,13-/m0/s1. The quantitative estimate of drug-likeness (QED) is 0.760. The first-order valence-corrected chi connectivity index (χ1v) is 9.13. The molecule has 0 aliphatic carbocycles. The molecule has 9 heteroatoms. The molecule has 0 unspecified atom stereocenters. The molecule has 0 saturated heterocycles. The number of hydrogen-bond acceptors (Lipinski definition) is 6. The van der Waals surface area contributed by atoms with E-state index in [-0.39, 0.29) is 16.4 Å². The fourth-order valence-corrected chi connectivity index (χ4v) is 4.32. The zero-order chi connectivity index (χ0) is 18.9. The van der Waals surface area contributed by atoms with Gasteiger partial charge in [-0.3, -0.25) is 9.59 Å². The Morgan fingerprint density at radius 3 is 2.28 bits per heavy atom. The normalized spacial score (nSPS) is 17.8. The first kappa shape index (κ1) is 18.9. The van der Waals surface area contributed by atoms with Gasteiger partial charge in [-0.25, -0.2) is 17.5 Å². The molecule has 0 bridgehead atoms. The Labute approximate surface area is 146 Å². The van der Waals surface area contributed by atoms with Crippen LogP contribution in [0.2, 0.25) is 0 Å². The van der Waals surface area contributed by atoms with Gasteiger partial charge in [0.15, 0.2) is 0 Å². The highest BCUT2D eigenvalue weighted by molar-refractivity contribution is 7.90. The van der Waals surface area contributed by atoms with Gasteiger partial charge >= 0.3 is 5.97 Å². The number of esters is 1. The molecule has 0 spiro atoms. The third kappa shape index (κ3) is 3.23. The van der Waals surface area contributed by atoms with Crippen molar-refractivity contribution in [2.24, 2.45) is 5.92 Å². The van der Waals surface area contributed by atoms with E-state index in [2.05, 4.69) is 10.1 Å². The molecule has 25 heavy (non-hydrogen) atoms. The van der Waals surface area contributed by atoms with Crippen molar-refractivity contribution in [1.29, 1.82) is 0 Å². The predicted octanol–water partition coefficient (Wildman–Crippen LogP) is 0.533. The molecule has 136 valence electrons. The molecule has 1 aliphatic heterocycles. The Kier molecular flexibility index (Phi) is 5.17. The number of amides is 2. The van der Waals surface area contributed by atoms with Crippen LogP contribution in [0.25, 0.3) is 0 Å². The summed E-state index contributed by atoms with van der Waals surface area (Å²) in [4.78, 5) is 36.6. The molecule has 1 aromatic rings.